The van der Waals surface area contributed by atoms with Gasteiger partial charge in [-0.3, -0.25) is 5.10 Å². The van der Waals surface area contributed by atoms with E-state index < -0.39 is 0 Å². The quantitative estimate of drug-likeness (QED) is 0.693. The molecular weight excluding hydrogens is 214 g/mol. The molecule has 0 bridgehead atoms. The summed E-state index contributed by atoms with van der Waals surface area (Å²) < 4.78 is 0. The number of hydrogen-bond donors (Lipinski definition) is 3. The van der Waals surface area contributed by atoms with Crippen molar-refractivity contribution in [3.8, 4) is 6.07 Å². The summed E-state index contributed by atoms with van der Waals surface area (Å²) in [5.74, 6) is 0. The average Bonchev–Trinajstić information content (AvgIpc) is 2.83. The molecular formula is C12H13N5. The smallest absolute Gasteiger partial charge is 0.0670 e. The van der Waals surface area contributed by atoms with Crippen LogP contribution in [0, 0.1) is 11.3 Å². The summed E-state index contributed by atoms with van der Waals surface area (Å²) in [6.07, 6.45) is 2.03. The Bertz CT molecular complexity index is 524. The van der Waals surface area contributed by atoms with Gasteiger partial charge >= 0.3 is 0 Å². The Morgan fingerprint density at radius 3 is 3.00 bits per heavy atom. The van der Waals surface area contributed by atoms with E-state index in [1.54, 1.807) is 6.20 Å². The maximum atomic E-state index is 8.68. The Kier molecular flexibility index (Phi) is 3.26. The lowest BCUT2D eigenvalue weighted by Crippen LogP contribution is -2.01. The van der Waals surface area contributed by atoms with Crippen LogP contribution in [0.25, 0.3) is 0 Å². The maximum Gasteiger partial charge on any atom is 0.0670 e. The number of nitrogens with one attached hydrogen (secondary N) is 2. The van der Waals surface area contributed by atoms with Gasteiger partial charge in [-0.2, -0.15) is 10.4 Å². The molecule has 0 aliphatic carbocycles. The molecule has 1 aromatic carbocycles. The third-order valence-corrected chi connectivity index (χ3v) is 2.45. The minimum atomic E-state index is 0.325. The summed E-state index contributed by atoms with van der Waals surface area (Å²) in [5.41, 5.74) is 9.22. The first-order valence-electron chi connectivity index (χ1n) is 5.27. The van der Waals surface area contributed by atoms with E-state index in [0.717, 1.165) is 16.9 Å². The van der Waals surface area contributed by atoms with E-state index in [9.17, 15) is 0 Å². The van der Waals surface area contributed by atoms with Gasteiger partial charge in [0.25, 0.3) is 0 Å². The van der Waals surface area contributed by atoms with Crippen molar-refractivity contribution < 1.29 is 0 Å². The third kappa shape index (κ3) is 2.75. The molecule has 0 atom stereocenters. The zero-order valence-electron chi connectivity index (χ0n) is 9.27. The molecule has 0 unspecified atom stereocenters. The van der Waals surface area contributed by atoms with Gasteiger partial charge in [-0.15, -0.1) is 0 Å². The number of aromatic nitrogens is 2. The first-order valence-corrected chi connectivity index (χ1v) is 5.27. The van der Waals surface area contributed by atoms with Crippen molar-refractivity contribution in [2.24, 2.45) is 0 Å². The van der Waals surface area contributed by atoms with Crippen LogP contribution in [0.3, 0.4) is 0 Å². The van der Waals surface area contributed by atoms with Crippen LogP contribution in [0.1, 0.15) is 11.3 Å². The number of nitriles is 1. The highest BCUT2D eigenvalue weighted by Gasteiger charge is 2.01. The normalized spacial score (nSPS) is 9.82. The van der Waals surface area contributed by atoms with Gasteiger partial charge in [0.05, 0.1) is 24.7 Å². The number of anilines is 2. The van der Waals surface area contributed by atoms with E-state index in [2.05, 4.69) is 21.6 Å². The maximum absolute atomic E-state index is 8.68. The molecule has 17 heavy (non-hydrogen) atoms. The molecule has 0 spiro atoms. The van der Waals surface area contributed by atoms with Crippen LogP contribution in [0.4, 0.5) is 11.4 Å². The van der Waals surface area contributed by atoms with Crippen LogP contribution in [0.15, 0.2) is 30.5 Å². The minimum Gasteiger partial charge on any atom is -0.398 e. The number of benzene rings is 1. The second-order valence-electron chi connectivity index (χ2n) is 3.68. The summed E-state index contributed by atoms with van der Waals surface area (Å²) in [6, 6.07) is 9.60. The van der Waals surface area contributed by atoms with Gasteiger partial charge in [-0.05, 0) is 29.8 Å². The Morgan fingerprint density at radius 1 is 1.41 bits per heavy atom. The monoisotopic (exact) mass is 227 g/mol. The van der Waals surface area contributed by atoms with Crippen molar-refractivity contribution in [1.29, 1.82) is 5.26 Å². The zero-order chi connectivity index (χ0) is 12.1. The topological polar surface area (TPSA) is 90.5 Å². The molecule has 0 radical (unpaired) electrons. The highest BCUT2D eigenvalue weighted by molar-refractivity contribution is 5.58. The summed E-state index contributed by atoms with van der Waals surface area (Å²) in [4.78, 5) is 0. The van der Waals surface area contributed by atoms with Crippen LogP contribution in [0.5, 0.6) is 0 Å². The highest BCUT2D eigenvalue weighted by atomic mass is 15.1. The van der Waals surface area contributed by atoms with E-state index in [1.165, 1.54) is 0 Å². The summed E-state index contributed by atoms with van der Waals surface area (Å²) in [6.45, 7) is 0.663. The molecule has 0 fully saturated rings. The van der Waals surface area contributed by atoms with Gasteiger partial charge in [0.15, 0.2) is 0 Å². The van der Waals surface area contributed by atoms with Crippen LogP contribution in [-0.2, 0) is 13.0 Å². The van der Waals surface area contributed by atoms with E-state index in [-0.39, 0.29) is 0 Å². The Labute approximate surface area is 99.3 Å². The summed E-state index contributed by atoms with van der Waals surface area (Å²) >= 11 is 0. The average molecular weight is 227 g/mol. The lowest BCUT2D eigenvalue weighted by atomic mass is 10.1. The van der Waals surface area contributed by atoms with Crippen LogP contribution < -0.4 is 11.1 Å². The predicted molar refractivity (Wildman–Crippen MR) is 66.1 cm³/mol. The summed E-state index contributed by atoms with van der Waals surface area (Å²) in [7, 11) is 0. The Balaban J connectivity index is 2.06. The highest BCUT2D eigenvalue weighted by Crippen LogP contribution is 2.18. The fourth-order valence-corrected chi connectivity index (χ4v) is 1.53. The van der Waals surface area contributed by atoms with Gasteiger partial charge in [-0.1, -0.05) is 0 Å². The number of H-pyrrole nitrogens is 1. The Morgan fingerprint density at radius 2 is 2.29 bits per heavy atom. The lowest BCUT2D eigenvalue weighted by Gasteiger charge is -2.08. The number of nitrogens with two attached hydrogens (primary N) is 1. The molecule has 2 rings (SSSR count). The van der Waals surface area contributed by atoms with Gasteiger partial charge < -0.3 is 11.1 Å². The number of hydrogen-bond acceptors (Lipinski definition) is 4. The first-order chi connectivity index (χ1) is 8.29. The molecule has 1 aromatic heterocycles. The third-order valence-electron chi connectivity index (χ3n) is 2.45. The predicted octanol–water partition coefficient (Wildman–Crippen LogP) is 1.67. The van der Waals surface area contributed by atoms with Crippen molar-refractivity contribution in [2.75, 3.05) is 11.1 Å². The number of rotatable bonds is 4. The first kappa shape index (κ1) is 11.0. The second kappa shape index (κ2) is 5.03. The van der Waals surface area contributed by atoms with Gasteiger partial charge in [-0.25, -0.2) is 0 Å². The number of nitrogens with zero attached hydrogens (tertiary/aromatic N) is 2. The fourth-order valence-electron chi connectivity index (χ4n) is 1.53. The molecule has 86 valence electrons. The van der Waals surface area contributed by atoms with Crippen LogP contribution in [0.2, 0.25) is 0 Å². The van der Waals surface area contributed by atoms with Crippen molar-refractivity contribution in [3.05, 3.63) is 41.7 Å². The molecule has 4 N–H and O–H groups in total. The van der Waals surface area contributed by atoms with Crippen molar-refractivity contribution in [1.82, 2.24) is 10.2 Å². The molecule has 5 nitrogen and oxygen atoms in total. The van der Waals surface area contributed by atoms with Gasteiger partial charge in [0, 0.05) is 17.6 Å². The van der Waals surface area contributed by atoms with E-state index in [1.807, 2.05) is 24.3 Å². The Hall–Kier alpha value is -2.48. The minimum absolute atomic E-state index is 0.325. The molecule has 2 aromatic rings. The van der Waals surface area contributed by atoms with E-state index in [0.29, 0.717) is 18.7 Å². The van der Waals surface area contributed by atoms with Gasteiger partial charge in [0.1, 0.15) is 0 Å². The largest absolute Gasteiger partial charge is 0.398 e. The van der Waals surface area contributed by atoms with E-state index >= 15 is 0 Å². The zero-order valence-corrected chi connectivity index (χ0v) is 9.27. The number of aromatic amines is 1. The van der Waals surface area contributed by atoms with E-state index in [4.69, 9.17) is 11.0 Å². The molecule has 0 aliphatic heterocycles. The second-order valence-corrected chi connectivity index (χ2v) is 3.68. The SMILES string of the molecule is N#CCc1cc(NCc2ccn[nH]2)ccc1N. The molecule has 0 amide bonds. The molecule has 1 heterocycles. The molecule has 0 saturated carbocycles. The molecule has 5 heteroatoms. The standard InChI is InChI=1S/C12H13N5/c13-5-3-9-7-10(1-2-12(9)14)15-8-11-4-6-16-17-11/h1-2,4,6-7,15H,3,8,14H2,(H,16,17). The van der Waals surface area contributed by atoms with Crippen LogP contribution >= 0.6 is 0 Å². The summed E-state index contributed by atoms with van der Waals surface area (Å²) in [5, 5.41) is 18.6. The molecule has 0 aliphatic rings. The molecule has 0 saturated heterocycles. The lowest BCUT2D eigenvalue weighted by molar-refractivity contribution is 0.981. The fraction of sp³-hybridized carbons (Fsp3) is 0.167. The van der Waals surface area contributed by atoms with Crippen molar-refractivity contribution in [3.63, 3.8) is 0 Å². The van der Waals surface area contributed by atoms with Crippen molar-refractivity contribution in [2.45, 2.75) is 13.0 Å². The number of nitrogen functional groups attached to an aromatic ring is 1. The van der Waals surface area contributed by atoms with Crippen molar-refractivity contribution >= 4 is 11.4 Å². The van der Waals surface area contributed by atoms with Gasteiger partial charge in [0.2, 0.25) is 0 Å². The van der Waals surface area contributed by atoms with Crippen LogP contribution in [-0.4, -0.2) is 10.2 Å².